The van der Waals surface area contributed by atoms with Crippen LogP contribution in [0.15, 0.2) is 10.7 Å². The van der Waals surface area contributed by atoms with E-state index in [9.17, 15) is 0 Å². The van der Waals surface area contributed by atoms with Crippen LogP contribution in [0.4, 0.5) is 5.82 Å². The molecule has 0 saturated carbocycles. The number of anilines is 1. The maximum atomic E-state index is 5.69. The number of aromatic nitrogens is 4. The molecule has 0 unspecified atom stereocenters. The number of nitrogens with two attached hydrogens (primary N) is 1. The molecule has 0 bridgehead atoms. The smallest absolute Gasteiger partial charge is 0.194 e. The molecule has 0 aliphatic heterocycles. The van der Waals surface area contributed by atoms with Crippen molar-refractivity contribution in [1.82, 2.24) is 20.6 Å². The van der Waals surface area contributed by atoms with Gasteiger partial charge in [-0.05, 0) is 5.92 Å². The van der Waals surface area contributed by atoms with E-state index in [1.54, 1.807) is 6.20 Å². The average molecular weight is 193 g/mol. The van der Waals surface area contributed by atoms with Gasteiger partial charge in [0.15, 0.2) is 17.3 Å². The molecule has 3 N–H and O–H groups in total. The SMILES string of the molecule is CC(C)c1c(N)noc1-c1cn[nH]n1. The highest BCUT2D eigenvalue weighted by Crippen LogP contribution is 2.31. The van der Waals surface area contributed by atoms with E-state index in [-0.39, 0.29) is 5.92 Å². The monoisotopic (exact) mass is 193 g/mol. The van der Waals surface area contributed by atoms with Crippen LogP contribution < -0.4 is 5.73 Å². The summed E-state index contributed by atoms with van der Waals surface area (Å²) >= 11 is 0. The van der Waals surface area contributed by atoms with Crippen molar-refractivity contribution in [3.8, 4) is 11.5 Å². The van der Waals surface area contributed by atoms with Gasteiger partial charge in [-0.2, -0.15) is 15.4 Å². The first-order valence-corrected chi connectivity index (χ1v) is 4.31. The fourth-order valence-corrected chi connectivity index (χ4v) is 1.36. The summed E-state index contributed by atoms with van der Waals surface area (Å²) in [6, 6.07) is 0. The molecule has 0 radical (unpaired) electrons. The Bertz CT molecular complexity index is 417. The van der Waals surface area contributed by atoms with Gasteiger partial charge in [0.05, 0.1) is 6.20 Å². The van der Waals surface area contributed by atoms with E-state index in [1.165, 1.54) is 0 Å². The Morgan fingerprint density at radius 1 is 1.50 bits per heavy atom. The van der Waals surface area contributed by atoms with Gasteiger partial charge in [-0.1, -0.05) is 19.0 Å². The molecule has 2 heterocycles. The van der Waals surface area contributed by atoms with Crippen molar-refractivity contribution < 1.29 is 4.52 Å². The Kier molecular flexibility index (Phi) is 1.95. The molecule has 74 valence electrons. The largest absolute Gasteiger partial charge is 0.381 e. The Balaban J connectivity index is 2.54. The molecule has 2 aromatic heterocycles. The van der Waals surface area contributed by atoms with Crippen LogP contribution in [0.1, 0.15) is 25.3 Å². The van der Waals surface area contributed by atoms with Gasteiger partial charge in [0, 0.05) is 5.56 Å². The molecule has 6 nitrogen and oxygen atoms in total. The second-order valence-electron chi connectivity index (χ2n) is 3.32. The Morgan fingerprint density at radius 3 is 2.86 bits per heavy atom. The topological polar surface area (TPSA) is 93.6 Å². The lowest BCUT2D eigenvalue weighted by atomic mass is 10.0. The zero-order valence-electron chi connectivity index (χ0n) is 7.98. The van der Waals surface area contributed by atoms with E-state index >= 15 is 0 Å². The summed E-state index contributed by atoms with van der Waals surface area (Å²) in [5.41, 5.74) is 7.18. The van der Waals surface area contributed by atoms with Crippen LogP contribution in [0.25, 0.3) is 11.5 Å². The lowest BCUT2D eigenvalue weighted by Gasteiger charge is -2.02. The minimum absolute atomic E-state index is 0.243. The second-order valence-corrected chi connectivity index (χ2v) is 3.32. The molecule has 2 aromatic rings. The number of rotatable bonds is 2. The first-order valence-electron chi connectivity index (χ1n) is 4.31. The number of hydrogen-bond donors (Lipinski definition) is 2. The summed E-state index contributed by atoms with van der Waals surface area (Å²) in [4.78, 5) is 0. The molecule has 2 rings (SSSR count). The summed E-state index contributed by atoms with van der Waals surface area (Å²) in [7, 11) is 0. The highest BCUT2D eigenvalue weighted by atomic mass is 16.5. The minimum atomic E-state index is 0.243. The number of nitrogens with zero attached hydrogens (tertiary/aromatic N) is 3. The number of hydrogen-bond acceptors (Lipinski definition) is 5. The molecular formula is C8H11N5O. The van der Waals surface area contributed by atoms with Gasteiger partial charge in [-0.25, -0.2) is 0 Å². The first-order chi connectivity index (χ1) is 6.70. The maximum absolute atomic E-state index is 5.69. The van der Waals surface area contributed by atoms with E-state index in [4.69, 9.17) is 10.3 Å². The molecule has 0 aromatic carbocycles. The lowest BCUT2D eigenvalue weighted by molar-refractivity contribution is 0.433. The van der Waals surface area contributed by atoms with Crippen molar-refractivity contribution >= 4 is 5.82 Å². The summed E-state index contributed by atoms with van der Waals surface area (Å²) < 4.78 is 5.10. The maximum Gasteiger partial charge on any atom is 0.194 e. The van der Waals surface area contributed by atoms with E-state index in [0.717, 1.165) is 5.56 Å². The van der Waals surface area contributed by atoms with Gasteiger partial charge in [0.1, 0.15) is 0 Å². The summed E-state index contributed by atoms with van der Waals surface area (Å²) in [5.74, 6) is 1.25. The standard InChI is InChI=1S/C8H11N5O/c1-4(2)6-7(14-12-8(6)9)5-3-10-13-11-5/h3-4H,1-2H3,(H2,9,12)(H,10,11,13). The van der Waals surface area contributed by atoms with Crippen molar-refractivity contribution in [3.05, 3.63) is 11.8 Å². The van der Waals surface area contributed by atoms with Gasteiger partial charge in [-0.15, -0.1) is 0 Å². The predicted molar refractivity (Wildman–Crippen MR) is 50.4 cm³/mol. The van der Waals surface area contributed by atoms with Crippen molar-refractivity contribution in [2.75, 3.05) is 5.73 Å². The molecule has 0 fully saturated rings. The molecule has 0 saturated heterocycles. The van der Waals surface area contributed by atoms with Crippen molar-refractivity contribution in [2.45, 2.75) is 19.8 Å². The van der Waals surface area contributed by atoms with Crippen LogP contribution >= 0.6 is 0 Å². The zero-order chi connectivity index (χ0) is 10.1. The summed E-state index contributed by atoms with van der Waals surface area (Å²) in [6.07, 6.45) is 1.58. The van der Waals surface area contributed by atoms with Crippen LogP contribution in [0.5, 0.6) is 0 Å². The van der Waals surface area contributed by atoms with Crippen LogP contribution in [-0.2, 0) is 0 Å². The van der Waals surface area contributed by atoms with Crippen LogP contribution in [-0.4, -0.2) is 20.6 Å². The van der Waals surface area contributed by atoms with Crippen LogP contribution in [0, 0.1) is 0 Å². The van der Waals surface area contributed by atoms with Gasteiger partial charge in [0.2, 0.25) is 0 Å². The van der Waals surface area contributed by atoms with Gasteiger partial charge < -0.3 is 10.3 Å². The second kappa shape index (κ2) is 3.13. The molecule has 0 aliphatic carbocycles. The van der Waals surface area contributed by atoms with E-state index in [0.29, 0.717) is 17.3 Å². The summed E-state index contributed by atoms with van der Waals surface area (Å²) in [6.45, 7) is 4.04. The Hall–Kier alpha value is -1.85. The molecule has 14 heavy (non-hydrogen) atoms. The molecular weight excluding hydrogens is 182 g/mol. The van der Waals surface area contributed by atoms with Crippen molar-refractivity contribution in [2.24, 2.45) is 0 Å². The molecule has 0 amide bonds. The third-order valence-corrected chi connectivity index (χ3v) is 1.98. The minimum Gasteiger partial charge on any atom is -0.381 e. The number of nitrogen functional groups attached to an aromatic ring is 1. The van der Waals surface area contributed by atoms with Crippen LogP contribution in [0.2, 0.25) is 0 Å². The third-order valence-electron chi connectivity index (χ3n) is 1.98. The zero-order valence-corrected chi connectivity index (χ0v) is 7.98. The number of H-pyrrole nitrogens is 1. The molecule has 0 spiro atoms. The Morgan fingerprint density at radius 2 is 2.29 bits per heavy atom. The quantitative estimate of drug-likeness (QED) is 0.746. The average Bonchev–Trinajstić information content (AvgIpc) is 2.70. The summed E-state index contributed by atoms with van der Waals surface area (Å²) in [5, 5.41) is 13.9. The first kappa shape index (κ1) is 8.74. The van der Waals surface area contributed by atoms with Gasteiger partial charge in [0.25, 0.3) is 0 Å². The van der Waals surface area contributed by atoms with E-state index in [1.807, 2.05) is 13.8 Å². The number of nitrogens with one attached hydrogen (secondary N) is 1. The Labute approximate surface area is 80.5 Å². The molecule has 6 heteroatoms. The predicted octanol–water partition coefficient (Wildman–Crippen LogP) is 1.17. The highest BCUT2D eigenvalue weighted by Gasteiger charge is 2.19. The normalized spacial score (nSPS) is 11.1. The van der Waals surface area contributed by atoms with Crippen molar-refractivity contribution in [1.29, 1.82) is 0 Å². The van der Waals surface area contributed by atoms with E-state index in [2.05, 4.69) is 20.6 Å². The van der Waals surface area contributed by atoms with Crippen LogP contribution in [0.3, 0.4) is 0 Å². The van der Waals surface area contributed by atoms with E-state index < -0.39 is 0 Å². The fourth-order valence-electron chi connectivity index (χ4n) is 1.36. The third kappa shape index (κ3) is 1.24. The number of aromatic amines is 1. The molecule has 0 atom stereocenters. The van der Waals surface area contributed by atoms with Gasteiger partial charge >= 0.3 is 0 Å². The highest BCUT2D eigenvalue weighted by molar-refractivity contribution is 5.62. The fraction of sp³-hybridized carbons (Fsp3) is 0.375. The lowest BCUT2D eigenvalue weighted by Crippen LogP contribution is -1.95. The van der Waals surface area contributed by atoms with Crippen molar-refractivity contribution in [3.63, 3.8) is 0 Å². The molecule has 0 aliphatic rings. The van der Waals surface area contributed by atoms with Gasteiger partial charge in [-0.3, -0.25) is 0 Å².